The fraction of sp³-hybridized carbons (Fsp3) is 0.296. The van der Waals surface area contributed by atoms with Crippen molar-refractivity contribution in [1.29, 1.82) is 0 Å². The lowest BCUT2D eigenvalue weighted by molar-refractivity contribution is -0.137. The molecule has 2 aliphatic rings. The number of halogens is 1. The van der Waals surface area contributed by atoms with Gasteiger partial charge in [-0.15, -0.1) is 0 Å². The van der Waals surface area contributed by atoms with Gasteiger partial charge in [0.25, 0.3) is 0 Å². The van der Waals surface area contributed by atoms with Crippen LogP contribution in [0.5, 0.6) is 0 Å². The summed E-state index contributed by atoms with van der Waals surface area (Å²) in [5.41, 5.74) is 10.2. The van der Waals surface area contributed by atoms with Crippen LogP contribution < -0.4 is 10.9 Å². The van der Waals surface area contributed by atoms with Gasteiger partial charge in [-0.1, -0.05) is 88.7 Å². The Balaban J connectivity index is 1.29. The van der Waals surface area contributed by atoms with Crippen LogP contribution in [0.3, 0.4) is 0 Å². The van der Waals surface area contributed by atoms with Crippen molar-refractivity contribution in [3.63, 3.8) is 0 Å². The lowest BCUT2D eigenvalue weighted by Crippen LogP contribution is -2.52. The van der Waals surface area contributed by atoms with Crippen molar-refractivity contribution in [2.24, 2.45) is 5.92 Å². The molecule has 0 bridgehead atoms. The topological polar surface area (TPSA) is 47.6 Å². The minimum atomic E-state index is -0.107. The Morgan fingerprint density at radius 1 is 0.848 bits per heavy atom. The standard InChI is InChI=1S/C27H29BrN4O/c28-23-13-7-12-22(18-23)25-24(19-29-30-25)27(33)32-16-14-31(15-17-32)26(20-8-3-1-4-9-20)21-10-5-2-6-11-21/h1-13,18,24-26,29-30H,14-17,19H2. The van der Waals surface area contributed by atoms with Crippen molar-refractivity contribution in [2.45, 2.75) is 12.1 Å². The smallest absolute Gasteiger partial charge is 0.229 e. The quantitative estimate of drug-likeness (QED) is 0.547. The Labute approximate surface area is 203 Å². The normalized spacial score (nSPS) is 21.5. The van der Waals surface area contributed by atoms with E-state index in [-0.39, 0.29) is 23.9 Å². The van der Waals surface area contributed by atoms with Gasteiger partial charge in [0.1, 0.15) is 0 Å². The molecule has 3 aromatic carbocycles. The van der Waals surface area contributed by atoms with Gasteiger partial charge in [0, 0.05) is 37.2 Å². The molecule has 2 saturated heterocycles. The summed E-state index contributed by atoms with van der Waals surface area (Å²) < 4.78 is 1.03. The van der Waals surface area contributed by atoms with Crippen molar-refractivity contribution >= 4 is 21.8 Å². The second-order valence-electron chi connectivity index (χ2n) is 8.75. The number of hydrogen-bond donors (Lipinski definition) is 2. The van der Waals surface area contributed by atoms with Gasteiger partial charge in [0.15, 0.2) is 0 Å². The summed E-state index contributed by atoms with van der Waals surface area (Å²) in [6, 6.07) is 29.7. The molecule has 1 amide bonds. The Kier molecular flexibility index (Phi) is 6.88. The first-order chi connectivity index (χ1) is 16.2. The molecule has 6 heteroatoms. The molecule has 2 atom stereocenters. The van der Waals surface area contributed by atoms with E-state index in [2.05, 4.69) is 104 Å². The molecular weight excluding hydrogens is 476 g/mol. The summed E-state index contributed by atoms with van der Waals surface area (Å²) in [6.45, 7) is 3.85. The molecule has 3 aromatic rings. The molecule has 170 valence electrons. The molecule has 0 saturated carbocycles. The Morgan fingerprint density at radius 2 is 1.48 bits per heavy atom. The molecule has 5 nitrogen and oxygen atoms in total. The Bertz CT molecular complexity index is 1030. The first kappa shape index (κ1) is 22.3. The van der Waals surface area contributed by atoms with Crippen LogP contribution in [0.15, 0.2) is 89.4 Å². The SMILES string of the molecule is O=C(C1CNNC1c1cccc(Br)c1)N1CCN(C(c2ccccc2)c2ccccc2)CC1. The number of nitrogens with zero attached hydrogens (tertiary/aromatic N) is 2. The van der Waals surface area contributed by atoms with E-state index in [1.54, 1.807) is 0 Å². The third kappa shape index (κ3) is 4.89. The zero-order valence-corrected chi connectivity index (χ0v) is 20.1. The van der Waals surface area contributed by atoms with Gasteiger partial charge in [-0.2, -0.15) is 0 Å². The van der Waals surface area contributed by atoms with E-state index in [4.69, 9.17) is 0 Å². The highest BCUT2D eigenvalue weighted by atomic mass is 79.9. The zero-order chi connectivity index (χ0) is 22.6. The maximum absolute atomic E-state index is 13.5. The van der Waals surface area contributed by atoms with Crippen LogP contribution >= 0.6 is 15.9 Å². The lowest BCUT2D eigenvalue weighted by Gasteiger charge is -2.40. The molecule has 5 rings (SSSR count). The van der Waals surface area contributed by atoms with Crippen molar-refractivity contribution in [3.8, 4) is 0 Å². The van der Waals surface area contributed by atoms with Gasteiger partial charge in [0.05, 0.1) is 18.0 Å². The van der Waals surface area contributed by atoms with Crippen molar-refractivity contribution in [2.75, 3.05) is 32.7 Å². The molecule has 0 aromatic heterocycles. The lowest BCUT2D eigenvalue weighted by atomic mass is 9.93. The minimum absolute atomic E-state index is 0.0191. The number of carbonyl (C=O) groups is 1. The van der Waals surface area contributed by atoms with Crippen LogP contribution in [-0.4, -0.2) is 48.4 Å². The van der Waals surface area contributed by atoms with Crippen LogP contribution in [0, 0.1) is 5.92 Å². The number of nitrogens with one attached hydrogen (secondary N) is 2. The van der Waals surface area contributed by atoms with Gasteiger partial charge in [0.2, 0.25) is 5.91 Å². The molecule has 2 fully saturated rings. The second-order valence-corrected chi connectivity index (χ2v) is 9.67. The fourth-order valence-electron chi connectivity index (χ4n) is 5.06. The van der Waals surface area contributed by atoms with Gasteiger partial charge in [-0.05, 0) is 28.8 Å². The maximum Gasteiger partial charge on any atom is 0.229 e. The van der Waals surface area contributed by atoms with E-state index in [9.17, 15) is 4.79 Å². The monoisotopic (exact) mass is 504 g/mol. The van der Waals surface area contributed by atoms with Crippen LogP contribution in [0.25, 0.3) is 0 Å². The third-order valence-corrected chi connectivity index (χ3v) is 7.22. The molecule has 33 heavy (non-hydrogen) atoms. The second kappa shape index (κ2) is 10.2. The highest BCUT2D eigenvalue weighted by molar-refractivity contribution is 9.10. The van der Waals surface area contributed by atoms with Crippen LogP contribution in [0.4, 0.5) is 0 Å². The highest BCUT2D eigenvalue weighted by Crippen LogP contribution is 2.31. The van der Waals surface area contributed by atoms with Crippen LogP contribution in [0.1, 0.15) is 28.8 Å². The Morgan fingerprint density at radius 3 is 2.09 bits per heavy atom. The molecular formula is C27H29BrN4O. The molecule has 2 heterocycles. The van der Waals surface area contributed by atoms with E-state index < -0.39 is 0 Å². The van der Waals surface area contributed by atoms with Gasteiger partial charge >= 0.3 is 0 Å². The average Bonchev–Trinajstić information content (AvgIpc) is 3.36. The predicted octanol–water partition coefficient (Wildman–Crippen LogP) is 4.15. The largest absolute Gasteiger partial charge is 0.340 e. The summed E-state index contributed by atoms with van der Waals surface area (Å²) in [4.78, 5) is 18.1. The molecule has 0 radical (unpaired) electrons. The maximum atomic E-state index is 13.5. The van der Waals surface area contributed by atoms with E-state index in [1.165, 1.54) is 11.1 Å². The third-order valence-electron chi connectivity index (χ3n) is 6.73. The number of hydrazine groups is 1. The molecule has 0 aliphatic carbocycles. The number of carbonyl (C=O) groups excluding carboxylic acids is 1. The number of amides is 1. The summed E-state index contributed by atoms with van der Waals surface area (Å²) in [5, 5.41) is 0. The summed E-state index contributed by atoms with van der Waals surface area (Å²) in [6.07, 6.45) is 0. The van der Waals surface area contributed by atoms with E-state index in [0.717, 1.165) is 36.2 Å². The van der Waals surface area contributed by atoms with Crippen LogP contribution in [0.2, 0.25) is 0 Å². The highest BCUT2D eigenvalue weighted by Gasteiger charge is 2.38. The molecule has 2 unspecified atom stereocenters. The van der Waals surface area contributed by atoms with Gasteiger partial charge < -0.3 is 4.90 Å². The van der Waals surface area contributed by atoms with Crippen molar-refractivity contribution in [1.82, 2.24) is 20.7 Å². The fourth-order valence-corrected chi connectivity index (χ4v) is 5.48. The van der Waals surface area contributed by atoms with Crippen molar-refractivity contribution in [3.05, 3.63) is 106 Å². The number of piperazine rings is 1. The number of rotatable bonds is 5. The number of benzene rings is 3. The van der Waals surface area contributed by atoms with Gasteiger partial charge in [-0.25, -0.2) is 5.43 Å². The number of hydrogen-bond acceptors (Lipinski definition) is 4. The first-order valence-electron chi connectivity index (χ1n) is 11.6. The van der Waals surface area contributed by atoms with E-state index in [1.807, 2.05) is 17.0 Å². The molecule has 0 spiro atoms. The first-order valence-corrected chi connectivity index (χ1v) is 12.4. The summed E-state index contributed by atoms with van der Waals surface area (Å²) in [5.74, 6) is 0.123. The Hall–Kier alpha value is -2.51. The summed E-state index contributed by atoms with van der Waals surface area (Å²) in [7, 11) is 0. The van der Waals surface area contributed by atoms with E-state index in [0.29, 0.717) is 6.54 Å². The summed E-state index contributed by atoms with van der Waals surface area (Å²) >= 11 is 3.55. The average molecular weight is 505 g/mol. The molecule has 2 aliphatic heterocycles. The molecule has 2 N–H and O–H groups in total. The predicted molar refractivity (Wildman–Crippen MR) is 134 cm³/mol. The van der Waals surface area contributed by atoms with E-state index >= 15 is 0 Å². The van der Waals surface area contributed by atoms with Crippen molar-refractivity contribution < 1.29 is 4.79 Å². The minimum Gasteiger partial charge on any atom is -0.340 e. The zero-order valence-electron chi connectivity index (χ0n) is 18.5. The van der Waals surface area contributed by atoms with Crippen LogP contribution in [-0.2, 0) is 4.79 Å². The van der Waals surface area contributed by atoms with Gasteiger partial charge in [-0.3, -0.25) is 15.1 Å².